The van der Waals surface area contributed by atoms with Gasteiger partial charge in [0.25, 0.3) is 0 Å². The van der Waals surface area contributed by atoms with Crippen molar-refractivity contribution in [2.75, 3.05) is 18.0 Å². The van der Waals surface area contributed by atoms with Gasteiger partial charge in [-0.05, 0) is 43.7 Å². The molecule has 88 valence electrons. The topological polar surface area (TPSA) is 16.1 Å². The first-order valence-electron chi connectivity index (χ1n) is 6.34. The van der Waals surface area contributed by atoms with Crippen LogP contribution in [0.25, 0.3) is 0 Å². The molecule has 0 amide bonds. The van der Waals surface area contributed by atoms with Crippen molar-refractivity contribution in [1.82, 2.24) is 4.98 Å². The monoisotopic (exact) mass is 218 g/mol. The maximum atomic E-state index is 4.37. The molecular weight excluding hydrogens is 196 g/mol. The van der Waals surface area contributed by atoms with Crippen LogP contribution in [-0.4, -0.2) is 18.1 Å². The van der Waals surface area contributed by atoms with Gasteiger partial charge in [-0.15, -0.1) is 0 Å². The zero-order valence-electron chi connectivity index (χ0n) is 10.6. The highest BCUT2D eigenvalue weighted by molar-refractivity contribution is 5.44. The lowest BCUT2D eigenvalue weighted by Gasteiger charge is -2.35. The first kappa shape index (κ1) is 11.4. The highest BCUT2D eigenvalue weighted by Gasteiger charge is 2.21. The summed E-state index contributed by atoms with van der Waals surface area (Å²) in [4.78, 5) is 6.83. The molecule has 1 aromatic rings. The maximum absolute atomic E-state index is 4.37. The van der Waals surface area contributed by atoms with Crippen molar-refractivity contribution in [2.24, 2.45) is 11.8 Å². The van der Waals surface area contributed by atoms with Gasteiger partial charge in [-0.25, -0.2) is 0 Å². The van der Waals surface area contributed by atoms with Gasteiger partial charge in [0, 0.05) is 18.8 Å². The molecule has 0 spiro atoms. The van der Waals surface area contributed by atoms with Crippen LogP contribution in [-0.2, 0) is 0 Å². The van der Waals surface area contributed by atoms with E-state index in [-0.39, 0.29) is 0 Å². The molecule has 0 atom stereocenters. The summed E-state index contributed by atoms with van der Waals surface area (Å²) in [5, 5.41) is 0. The molecule has 1 aromatic heterocycles. The van der Waals surface area contributed by atoms with Gasteiger partial charge in [-0.1, -0.05) is 13.8 Å². The highest BCUT2D eigenvalue weighted by atomic mass is 15.1. The van der Waals surface area contributed by atoms with Crippen LogP contribution in [0.3, 0.4) is 0 Å². The molecule has 0 N–H and O–H groups in total. The summed E-state index contributed by atoms with van der Waals surface area (Å²) in [5.41, 5.74) is 2.38. The average Bonchev–Trinajstić information content (AvgIpc) is 2.30. The minimum atomic E-state index is 0.832. The Hall–Kier alpha value is -1.05. The molecule has 1 saturated heterocycles. The van der Waals surface area contributed by atoms with Crippen molar-refractivity contribution < 1.29 is 0 Å². The van der Waals surface area contributed by atoms with Gasteiger partial charge in [0.1, 0.15) is 0 Å². The molecule has 1 aliphatic rings. The number of aryl methyl sites for hydroxylation is 1. The minimum Gasteiger partial charge on any atom is -0.370 e. The minimum absolute atomic E-state index is 0.832. The Bertz CT molecular complexity index is 321. The van der Waals surface area contributed by atoms with Gasteiger partial charge >= 0.3 is 0 Å². The first-order chi connectivity index (χ1) is 7.66. The molecular formula is C14H22N2. The quantitative estimate of drug-likeness (QED) is 0.757. The first-order valence-corrected chi connectivity index (χ1v) is 6.34. The Kier molecular flexibility index (Phi) is 3.47. The second kappa shape index (κ2) is 4.86. The average molecular weight is 218 g/mol. The maximum Gasteiger partial charge on any atom is 0.0552 e. The number of hydrogen-bond donors (Lipinski definition) is 0. The third-order valence-corrected chi connectivity index (χ3v) is 3.74. The molecule has 0 aliphatic carbocycles. The van der Waals surface area contributed by atoms with Crippen LogP contribution in [0, 0.1) is 18.8 Å². The van der Waals surface area contributed by atoms with Crippen molar-refractivity contribution in [2.45, 2.75) is 33.6 Å². The summed E-state index contributed by atoms with van der Waals surface area (Å²) in [7, 11) is 0. The van der Waals surface area contributed by atoms with E-state index in [1.807, 2.05) is 13.1 Å². The zero-order chi connectivity index (χ0) is 11.5. The van der Waals surface area contributed by atoms with E-state index in [0.717, 1.165) is 17.5 Å². The molecule has 16 heavy (non-hydrogen) atoms. The van der Waals surface area contributed by atoms with Crippen molar-refractivity contribution in [3.63, 3.8) is 0 Å². The summed E-state index contributed by atoms with van der Waals surface area (Å²) in [6, 6.07) is 4.29. The molecule has 0 unspecified atom stereocenters. The molecule has 1 aliphatic heterocycles. The number of piperidine rings is 1. The van der Waals surface area contributed by atoms with E-state index in [2.05, 4.69) is 35.9 Å². The Balaban J connectivity index is 1.96. The van der Waals surface area contributed by atoms with Crippen molar-refractivity contribution in [1.29, 1.82) is 0 Å². The zero-order valence-corrected chi connectivity index (χ0v) is 10.6. The second-order valence-corrected chi connectivity index (χ2v) is 5.23. The lowest BCUT2D eigenvalue weighted by atomic mass is 9.86. The third-order valence-electron chi connectivity index (χ3n) is 3.74. The number of aromatic nitrogens is 1. The van der Waals surface area contributed by atoms with Crippen molar-refractivity contribution >= 4 is 5.69 Å². The van der Waals surface area contributed by atoms with Crippen LogP contribution < -0.4 is 4.90 Å². The Labute approximate surface area is 98.7 Å². The number of nitrogens with zero attached hydrogens (tertiary/aromatic N) is 2. The van der Waals surface area contributed by atoms with E-state index in [0.29, 0.717) is 0 Å². The largest absolute Gasteiger partial charge is 0.370 e. The molecule has 0 radical (unpaired) electrons. The highest BCUT2D eigenvalue weighted by Crippen LogP contribution is 2.27. The normalized spacial score (nSPS) is 18.1. The SMILES string of the molecule is Cc1ccc(N2CCC(C(C)C)CC2)cn1. The fraction of sp³-hybridized carbons (Fsp3) is 0.643. The summed E-state index contributed by atoms with van der Waals surface area (Å²) in [6.07, 6.45) is 4.65. The number of rotatable bonds is 2. The second-order valence-electron chi connectivity index (χ2n) is 5.23. The fourth-order valence-corrected chi connectivity index (χ4v) is 2.47. The van der Waals surface area contributed by atoms with E-state index < -0.39 is 0 Å². The van der Waals surface area contributed by atoms with Crippen LogP contribution in [0.5, 0.6) is 0 Å². The van der Waals surface area contributed by atoms with E-state index in [1.54, 1.807) is 0 Å². The molecule has 2 nitrogen and oxygen atoms in total. The number of anilines is 1. The van der Waals surface area contributed by atoms with Crippen molar-refractivity contribution in [3.05, 3.63) is 24.0 Å². The van der Waals surface area contributed by atoms with Crippen LogP contribution in [0.15, 0.2) is 18.3 Å². The molecule has 2 heteroatoms. The van der Waals surface area contributed by atoms with Crippen molar-refractivity contribution in [3.8, 4) is 0 Å². The molecule has 0 aromatic carbocycles. The van der Waals surface area contributed by atoms with E-state index in [1.165, 1.54) is 31.6 Å². The summed E-state index contributed by atoms with van der Waals surface area (Å²) < 4.78 is 0. The smallest absolute Gasteiger partial charge is 0.0552 e. The van der Waals surface area contributed by atoms with Gasteiger partial charge in [0.15, 0.2) is 0 Å². The lowest BCUT2D eigenvalue weighted by molar-refractivity contribution is 0.311. The van der Waals surface area contributed by atoms with Gasteiger partial charge in [-0.2, -0.15) is 0 Å². The summed E-state index contributed by atoms with van der Waals surface area (Å²) in [6.45, 7) is 9.09. The van der Waals surface area contributed by atoms with E-state index in [4.69, 9.17) is 0 Å². The number of hydrogen-bond acceptors (Lipinski definition) is 2. The predicted molar refractivity (Wildman–Crippen MR) is 68.7 cm³/mol. The van der Waals surface area contributed by atoms with Gasteiger partial charge in [0.05, 0.1) is 11.9 Å². The third kappa shape index (κ3) is 2.55. The van der Waals surface area contributed by atoms with Crippen LogP contribution in [0.4, 0.5) is 5.69 Å². The Morgan fingerprint density at radius 2 is 1.94 bits per heavy atom. The molecule has 1 fully saturated rings. The van der Waals surface area contributed by atoms with Crippen LogP contribution >= 0.6 is 0 Å². The summed E-state index contributed by atoms with van der Waals surface area (Å²) in [5.74, 6) is 1.74. The van der Waals surface area contributed by atoms with Crippen LogP contribution in [0.2, 0.25) is 0 Å². The summed E-state index contributed by atoms with van der Waals surface area (Å²) >= 11 is 0. The van der Waals surface area contributed by atoms with E-state index in [9.17, 15) is 0 Å². The molecule has 2 heterocycles. The fourth-order valence-electron chi connectivity index (χ4n) is 2.47. The lowest BCUT2D eigenvalue weighted by Crippen LogP contribution is -2.35. The van der Waals surface area contributed by atoms with E-state index >= 15 is 0 Å². The predicted octanol–water partition coefficient (Wildman–Crippen LogP) is 3.26. The van der Waals surface area contributed by atoms with Gasteiger partial charge in [-0.3, -0.25) is 4.98 Å². The van der Waals surface area contributed by atoms with Gasteiger partial charge < -0.3 is 4.90 Å². The molecule has 0 bridgehead atoms. The van der Waals surface area contributed by atoms with Gasteiger partial charge in [0.2, 0.25) is 0 Å². The molecule has 2 rings (SSSR count). The standard InChI is InChI=1S/C14H22N2/c1-11(2)13-6-8-16(9-7-13)14-5-4-12(3)15-10-14/h4-5,10-11,13H,6-9H2,1-3H3. The Morgan fingerprint density at radius 3 is 2.44 bits per heavy atom. The molecule has 0 saturated carbocycles. The Morgan fingerprint density at radius 1 is 1.25 bits per heavy atom. The number of pyridine rings is 1. The van der Waals surface area contributed by atoms with Crippen LogP contribution in [0.1, 0.15) is 32.4 Å².